The van der Waals surface area contributed by atoms with Gasteiger partial charge >= 0.3 is 0 Å². The summed E-state index contributed by atoms with van der Waals surface area (Å²) in [6.45, 7) is 3.67. The average molecular weight is 406 g/mol. The van der Waals surface area contributed by atoms with Gasteiger partial charge in [0.25, 0.3) is 0 Å². The van der Waals surface area contributed by atoms with Gasteiger partial charge in [-0.2, -0.15) is 0 Å². The second kappa shape index (κ2) is 7.76. The van der Waals surface area contributed by atoms with Crippen molar-refractivity contribution >= 4 is 15.9 Å². The number of nitrogens with one attached hydrogen (secondary N) is 1. The Morgan fingerprint density at radius 2 is 1.82 bits per heavy atom. The van der Waals surface area contributed by atoms with E-state index < -0.39 is 15.7 Å². The highest BCUT2D eigenvalue weighted by atomic mass is 32.2. The minimum Gasteiger partial charge on any atom is -0.323 e. The van der Waals surface area contributed by atoms with Crippen molar-refractivity contribution in [1.29, 1.82) is 0 Å². The quantitative estimate of drug-likeness (QED) is 0.753. The van der Waals surface area contributed by atoms with Gasteiger partial charge in [0.1, 0.15) is 0 Å². The van der Waals surface area contributed by atoms with E-state index in [4.69, 9.17) is 0 Å². The summed E-state index contributed by atoms with van der Waals surface area (Å²) in [6.07, 6.45) is 5.04. The maximum Gasteiger partial charge on any atom is 0.241 e. The van der Waals surface area contributed by atoms with Gasteiger partial charge in [0.05, 0.1) is 17.5 Å². The first-order chi connectivity index (χ1) is 13.4. The monoisotopic (exact) mass is 405 g/mol. The molecule has 3 aliphatic rings. The minimum atomic E-state index is -3.18. The second-order valence-corrected chi connectivity index (χ2v) is 10.6. The van der Waals surface area contributed by atoms with E-state index >= 15 is 0 Å². The number of sulfonamides is 1. The third-order valence-electron chi connectivity index (χ3n) is 6.35. The first-order valence-electron chi connectivity index (χ1n) is 10.5. The minimum absolute atomic E-state index is 0.181. The Kier molecular flexibility index (Phi) is 5.51. The number of rotatable bonds is 7. The van der Waals surface area contributed by atoms with Crippen LogP contribution in [0.3, 0.4) is 0 Å². The largest absolute Gasteiger partial charge is 0.323 e. The van der Waals surface area contributed by atoms with Crippen molar-refractivity contribution in [3.8, 4) is 0 Å². The van der Waals surface area contributed by atoms with Gasteiger partial charge in [0.2, 0.25) is 15.9 Å². The molecular formula is C21H31N3O3S. The third kappa shape index (κ3) is 3.98. The number of amides is 1. The lowest BCUT2D eigenvalue weighted by Gasteiger charge is -2.44. The third-order valence-corrected chi connectivity index (χ3v) is 8.43. The van der Waals surface area contributed by atoms with Gasteiger partial charge in [0, 0.05) is 19.6 Å². The van der Waals surface area contributed by atoms with E-state index in [0.717, 1.165) is 12.1 Å². The van der Waals surface area contributed by atoms with Crippen LogP contribution in [0.4, 0.5) is 0 Å². The highest BCUT2D eigenvalue weighted by Crippen LogP contribution is 2.38. The molecule has 3 fully saturated rings. The topological polar surface area (TPSA) is 69.7 Å². The SMILES string of the molecule is CCCS(=O)(=O)N1CCC2(CC1)N[C@@H](Cc1ccccc1)C(=O)N2CC1CC1. The van der Waals surface area contributed by atoms with E-state index in [0.29, 0.717) is 44.7 Å². The Morgan fingerprint density at radius 3 is 2.43 bits per heavy atom. The van der Waals surface area contributed by atoms with Gasteiger partial charge in [-0.15, -0.1) is 0 Å². The number of benzene rings is 1. The van der Waals surface area contributed by atoms with Crippen LogP contribution in [0.1, 0.15) is 44.6 Å². The molecule has 0 unspecified atom stereocenters. The number of hydrogen-bond donors (Lipinski definition) is 1. The molecule has 0 radical (unpaired) electrons. The molecule has 4 rings (SSSR count). The Bertz CT molecular complexity index is 799. The van der Waals surface area contributed by atoms with E-state index in [1.54, 1.807) is 4.31 Å². The van der Waals surface area contributed by atoms with Gasteiger partial charge in [0.15, 0.2) is 0 Å². The normalized spacial score (nSPS) is 25.5. The van der Waals surface area contributed by atoms with Crippen LogP contribution in [-0.2, 0) is 21.2 Å². The highest BCUT2D eigenvalue weighted by molar-refractivity contribution is 7.89. The fourth-order valence-corrected chi connectivity index (χ4v) is 6.12. The predicted molar refractivity (Wildman–Crippen MR) is 109 cm³/mol. The molecule has 28 heavy (non-hydrogen) atoms. The summed E-state index contributed by atoms with van der Waals surface area (Å²) in [6, 6.07) is 9.89. The van der Waals surface area contributed by atoms with Gasteiger partial charge in [-0.3, -0.25) is 10.1 Å². The van der Waals surface area contributed by atoms with Crippen LogP contribution in [0.25, 0.3) is 0 Å². The van der Waals surface area contributed by atoms with E-state index in [-0.39, 0.29) is 17.7 Å². The van der Waals surface area contributed by atoms with Crippen LogP contribution in [0.2, 0.25) is 0 Å². The number of hydrogen-bond acceptors (Lipinski definition) is 4. The molecule has 0 bridgehead atoms. The Hall–Kier alpha value is -1.44. The highest BCUT2D eigenvalue weighted by Gasteiger charge is 2.53. The molecule has 0 aromatic heterocycles. The lowest BCUT2D eigenvalue weighted by molar-refractivity contribution is -0.133. The van der Waals surface area contributed by atoms with Crippen molar-refractivity contribution in [2.75, 3.05) is 25.4 Å². The molecule has 1 saturated carbocycles. The van der Waals surface area contributed by atoms with Crippen molar-refractivity contribution in [1.82, 2.24) is 14.5 Å². The van der Waals surface area contributed by atoms with E-state index in [1.807, 2.05) is 25.1 Å². The van der Waals surface area contributed by atoms with Crippen molar-refractivity contribution < 1.29 is 13.2 Å². The molecule has 1 amide bonds. The standard InChI is InChI=1S/C21H31N3O3S/c1-2-14-28(26,27)23-12-10-21(11-13-23)22-19(15-17-6-4-3-5-7-17)20(25)24(21)16-18-8-9-18/h3-7,18-19,22H,2,8-16H2,1H3/t19-/m0/s1. The summed E-state index contributed by atoms with van der Waals surface area (Å²) in [7, 11) is -3.18. The summed E-state index contributed by atoms with van der Waals surface area (Å²) >= 11 is 0. The van der Waals surface area contributed by atoms with Gasteiger partial charge in [-0.25, -0.2) is 12.7 Å². The summed E-state index contributed by atoms with van der Waals surface area (Å²) in [5.41, 5.74) is 0.761. The molecule has 1 spiro atoms. The molecule has 2 saturated heterocycles. The summed E-state index contributed by atoms with van der Waals surface area (Å²) in [4.78, 5) is 15.3. The van der Waals surface area contributed by atoms with Crippen molar-refractivity contribution in [2.24, 2.45) is 5.92 Å². The Morgan fingerprint density at radius 1 is 1.14 bits per heavy atom. The molecular weight excluding hydrogens is 374 g/mol. The summed E-state index contributed by atoms with van der Waals surface area (Å²) in [5, 5.41) is 3.65. The van der Waals surface area contributed by atoms with Gasteiger partial charge in [-0.05, 0) is 50.0 Å². The number of carbonyl (C=O) groups is 1. The zero-order valence-corrected chi connectivity index (χ0v) is 17.5. The first-order valence-corrected chi connectivity index (χ1v) is 12.2. The molecule has 2 aliphatic heterocycles. The maximum absolute atomic E-state index is 13.3. The van der Waals surface area contributed by atoms with Gasteiger partial charge < -0.3 is 4.90 Å². The van der Waals surface area contributed by atoms with Crippen LogP contribution in [0.5, 0.6) is 0 Å². The zero-order valence-electron chi connectivity index (χ0n) is 16.6. The smallest absolute Gasteiger partial charge is 0.241 e. The Balaban J connectivity index is 1.50. The average Bonchev–Trinajstić information content (AvgIpc) is 3.47. The van der Waals surface area contributed by atoms with Crippen LogP contribution >= 0.6 is 0 Å². The van der Waals surface area contributed by atoms with Crippen molar-refractivity contribution in [3.05, 3.63) is 35.9 Å². The molecule has 7 heteroatoms. The molecule has 1 aromatic rings. The van der Waals surface area contributed by atoms with Gasteiger partial charge in [-0.1, -0.05) is 37.3 Å². The van der Waals surface area contributed by atoms with E-state index in [9.17, 15) is 13.2 Å². The second-order valence-electron chi connectivity index (χ2n) is 8.53. The summed E-state index contributed by atoms with van der Waals surface area (Å²) in [5.74, 6) is 0.995. The fourth-order valence-electron chi connectivity index (χ4n) is 4.61. The number of carbonyl (C=O) groups excluding carboxylic acids is 1. The number of piperidine rings is 1. The van der Waals surface area contributed by atoms with Crippen LogP contribution < -0.4 is 5.32 Å². The fraction of sp³-hybridized carbons (Fsp3) is 0.667. The van der Waals surface area contributed by atoms with Crippen molar-refractivity contribution in [2.45, 2.75) is 57.2 Å². The molecule has 1 atom stereocenters. The van der Waals surface area contributed by atoms with Crippen LogP contribution in [0, 0.1) is 5.92 Å². The predicted octanol–water partition coefficient (Wildman–Crippen LogP) is 1.97. The first kappa shape index (κ1) is 19.9. The zero-order chi connectivity index (χ0) is 19.8. The molecule has 2 heterocycles. The lowest BCUT2D eigenvalue weighted by atomic mass is 9.97. The van der Waals surface area contributed by atoms with E-state index in [2.05, 4.69) is 22.3 Å². The van der Waals surface area contributed by atoms with Crippen LogP contribution in [0.15, 0.2) is 30.3 Å². The molecule has 6 nitrogen and oxygen atoms in total. The Labute approximate surface area is 168 Å². The molecule has 154 valence electrons. The molecule has 1 aromatic carbocycles. The van der Waals surface area contributed by atoms with Crippen LogP contribution in [-0.4, -0.2) is 60.6 Å². The van der Waals surface area contributed by atoms with E-state index in [1.165, 1.54) is 12.8 Å². The molecule has 1 N–H and O–H groups in total. The lowest BCUT2D eigenvalue weighted by Crippen LogP contribution is -2.60. The van der Waals surface area contributed by atoms with Crippen molar-refractivity contribution in [3.63, 3.8) is 0 Å². The molecule has 1 aliphatic carbocycles. The summed E-state index contributed by atoms with van der Waals surface area (Å²) < 4.78 is 26.5. The number of nitrogens with zero attached hydrogens (tertiary/aromatic N) is 2. The maximum atomic E-state index is 13.3.